The zero-order valence-electron chi connectivity index (χ0n) is 29.7. The van der Waals surface area contributed by atoms with E-state index in [2.05, 4.69) is 65.6 Å². The molecule has 2 saturated heterocycles. The molecule has 2 amide bonds. The molecule has 3 aliphatic rings. The third-order valence-corrected chi connectivity index (χ3v) is 11.0. The van der Waals surface area contributed by atoms with Crippen LogP contribution in [0.5, 0.6) is 0 Å². The Bertz CT molecular complexity index is 2150. The van der Waals surface area contributed by atoms with Gasteiger partial charge in [0.2, 0.25) is 11.8 Å². The number of H-pyrrole nitrogens is 1. The molecule has 7 heteroatoms. The summed E-state index contributed by atoms with van der Waals surface area (Å²) in [5.74, 6) is 1.07. The van der Waals surface area contributed by atoms with Crippen molar-refractivity contribution < 1.29 is 9.59 Å². The lowest BCUT2D eigenvalue weighted by molar-refractivity contribution is -0.134. The maximum Gasteiger partial charge on any atom is 0.230 e. The van der Waals surface area contributed by atoms with Gasteiger partial charge in [-0.15, -0.1) is 0 Å². The molecule has 3 aliphatic heterocycles. The summed E-state index contributed by atoms with van der Waals surface area (Å²) in [7, 11) is 0. The lowest BCUT2D eigenvalue weighted by Gasteiger charge is -2.26. The molecule has 258 valence electrons. The van der Waals surface area contributed by atoms with Crippen molar-refractivity contribution in [2.75, 3.05) is 13.1 Å². The van der Waals surface area contributed by atoms with Gasteiger partial charge >= 0.3 is 0 Å². The number of carbonyl (C=O) groups is 2. The molecule has 4 heterocycles. The fourth-order valence-electron chi connectivity index (χ4n) is 8.11. The Balaban J connectivity index is 0.936. The lowest BCUT2D eigenvalue weighted by Crippen LogP contribution is -2.42. The van der Waals surface area contributed by atoms with Gasteiger partial charge in [0.1, 0.15) is 5.82 Å². The Morgan fingerprint density at radius 3 is 2.08 bits per heavy atom. The van der Waals surface area contributed by atoms with Gasteiger partial charge in [0.05, 0.1) is 29.9 Å². The van der Waals surface area contributed by atoms with Crippen LogP contribution in [0.25, 0.3) is 38.7 Å². The number of nitrogens with one attached hydrogen (secondary N) is 1. The van der Waals surface area contributed by atoms with Crippen LogP contribution < -0.4 is 0 Å². The first kappa shape index (κ1) is 32.9. The number of rotatable bonds is 8. The summed E-state index contributed by atoms with van der Waals surface area (Å²) in [6.07, 6.45) is 8.62. The van der Waals surface area contributed by atoms with Crippen LogP contribution >= 0.6 is 0 Å². The number of imidazole rings is 1. The minimum absolute atomic E-state index is 0.0105. The molecule has 5 aromatic rings. The average molecular weight is 676 g/mol. The smallest absolute Gasteiger partial charge is 0.230 e. The van der Waals surface area contributed by atoms with Gasteiger partial charge in [-0.1, -0.05) is 92.7 Å². The first-order valence-electron chi connectivity index (χ1n) is 18.5. The second-order valence-electron chi connectivity index (χ2n) is 14.7. The van der Waals surface area contributed by atoms with Crippen LogP contribution in [0, 0.1) is 5.92 Å². The van der Waals surface area contributed by atoms with Gasteiger partial charge in [0, 0.05) is 42.9 Å². The Labute approximate surface area is 300 Å². The van der Waals surface area contributed by atoms with Crippen LogP contribution in [0.3, 0.4) is 0 Å². The number of aromatic nitrogens is 2. The highest BCUT2D eigenvalue weighted by Crippen LogP contribution is 2.36. The monoisotopic (exact) mass is 675 g/mol. The number of carbonyl (C=O) groups excluding carboxylic acids is 2. The summed E-state index contributed by atoms with van der Waals surface area (Å²) >= 11 is 0. The van der Waals surface area contributed by atoms with Crippen molar-refractivity contribution in [1.29, 1.82) is 0 Å². The lowest BCUT2D eigenvalue weighted by atomic mass is 9.95. The van der Waals surface area contributed by atoms with E-state index in [1.54, 1.807) is 0 Å². The molecule has 3 atom stereocenters. The molecular formula is C44H45N5O2. The van der Waals surface area contributed by atoms with E-state index in [0.717, 1.165) is 78.9 Å². The maximum atomic E-state index is 13.5. The van der Waals surface area contributed by atoms with E-state index in [4.69, 9.17) is 9.98 Å². The van der Waals surface area contributed by atoms with E-state index in [0.29, 0.717) is 0 Å². The van der Waals surface area contributed by atoms with Gasteiger partial charge in [0.25, 0.3) is 0 Å². The van der Waals surface area contributed by atoms with E-state index in [-0.39, 0.29) is 35.7 Å². The zero-order chi connectivity index (χ0) is 35.1. The third-order valence-electron chi connectivity index (χ3n) is 11.0. The Hall–Kier alpha value is -5.30. The maximum absolute atomic E-state index is 13.5. The number of allylic oxidation sites excluding steroid dienone is 1. The largest absolute Gasteiger partial charge is 0.340 e. The van der Waals surface area contributed by atoms with Crippen molar-refractivity contribution in [1.82, 2.24) is 19.8 Å². The van der Waals surface area contributed by atoms with Crippen LogP contribution in [0.2, 0.25) is 0 Å². The highest BCUT2D eigenvalue weighted by molar-refractivity contribution is 6.03. The second kappa shape index (κ2) is 13.8. The number of amides is 2. The molecule has 2 fully saturated rings. The van der Waals surface area contributed by atoms with Crippen molar-refractivity contribution in [2.24, 2.45) is 10.9 Å². The van der Waals surface area contributed by atoms with E-state index in [1.165, 1.54) is 27.6 Å². The molecule has 51 heavy (non-hydrogen) atoms. The van der Waals surface area contributed by atoms with Crippen LogP contribution in [-0.4, -0.2) is 56.4 Å². The molecule has 0 radical (unpaired) electrons. The topological polar surface area (TPSA) is 81.7 Å². The van der Waals surface area contributed by atoms with E-state index in [1.807, 2.05) is 73.3 Å². The summed E-state index contributed by atoms with van der Waals surface area (Å²) in [5.41, 5.74) is 8.93. The summed E-state index contributed by atoms with van der Waals surface area (Å²) < 4.78 is 0. The molecule has 0 unspecified atom stereocenters. The summed E-state index contributed by atoms with van der Waals surface area (Å²) in [4.78, 5) is 43.5. The van der Waals surface area contributed by atoms with Gasteiger partial charge in [-0.05, 0) is 83.3 Å². The van der Waals surface area contributed by atoms with Gasteiger partial charge < -0.3 is 14.8 Å². The number of aromatic amines is 1. The number of fused-ring (bicyclic) bond motifs is 1. The van der Waals surface area contributed by atoms with Gasteiger partial charge in [-0.25, -0.2) is 4.98 Å². The molecule has 8 rings (SSSR count). The summed E-state index contributed by atoms with van der Waals surface area (Å²) in [6, 6.07) is 32.0. The quantitative estimate of drug-likeness (QED) is 0.178. The van der Waals surface area contributed by atoms with Crippen LogP contribution in [0.15, 0.2) is 108 Å². The standard InChI is InChI=1S/C44H45N5O2/c1-28(2)43(50)48-21-7-11-40(48)38-25-37(26-45-38)32-15-13-31(14-16-32)33-17-18-35-24-36(20-19-34(35)23-33)39-27-46-42(47-39)41-12-8-22-49(41)44(51)29(3)30-9-5-4-6-10-30/h4-6,9-10,13-20,23-24,26-29,40-41H,7-8,11-12,21-22,25H2,1-3H3,(H,46,47)/t29-,40+,41+/m1/s1. The molecule has 0 bridgehead atoms. The van der Waals surface area contributed by atoms with E-state index < -0.39 is 0 Å². The first-order chi connectivity index (χ1) is 24.8. The highest BCUT2D eigenvalue weighted by atomic mass is 16.2. The van der Waals surface area contributed by atoms with Gasteiger partial charge in [-0.3, -0.25) is 14.6 Å². The number of nitrogens with zero attached hydrogens (tertiary/aromatic N) is 4. The second-order valence-corrected chi connectivity index (χ2v) is 14.7. The van der Waals surface area contributed by atoms with Crippen molar-refractivity contribution in [3.8, 4) is 22.4 Å². The van der Waals surface area contributed by atoms with Gasteiger partial charge in [0.15, 0.2) is 0 Å². The highest BCUT2D eigenvalue weighted by Gasteiger charge is 2.36. The molecule has 4 aromatic carbocycles. The number of hydrogen-bond acceptors (Lipinski definition) is 4. The first-order valence-corrected chi connectivity index (χ1v) is 18.5. The minimum Gasteiger partial charge on any atom is -0.340 e. The molecule has 0 spiro atoms. The van der Waals surface area contributed by atoms with Crippen LogP contribution in [0.1, 0.15) is 81.8 Å². The molecule has 0 saturated carbocycles. The Morgan fingerprint density at radius 2 is 1.35 bits per heavy atom. The van der Waals surface area contributed by atoms with Crippen molar-refractivity contribution in [2.45, 2.75) is 70.9 Å². The van der Waals surface area contributed by atoms with Crippen molar-refractivity contribution in [3.05, 3.63) is 120 Å². The van der Waals surface area contributed by atoms with Gasteiger partial charge in [-0.2, -0.15) is 0 Å². The molecule has 0 aliphatic carbocycles. The van der Waals surface area contributed by atoms with Crippen LogP contribution in [-0.2, 0) is 9.59 Å². The zero-order valence-corrected chi connectivity index (χ0v) is 29.7. The van der Waals surface area contributed by atoms with Crippen LogP contribution in [0.4, 0.5) is 0 Å². The summed E-state index contributed by atoms with van der Waals surface area (Å²) in [6.45, 7) is 7.54. The summed E-state index contributed by atoms with van der Waals surface area (Å²) in [5, 5.41) is 2.34. The fourth-order valence-corrected chi connectivity index (χ4v) is 8.11. The van der Waals surface area contributed by atoms with E-state index >= 15 is 0 Å². The van der Waals surface area contributed by atoms with Crippen molar-refractivity contribution in [3.63, 3.8) is 0 Å². The molecule has 1 aromatic heterocycles. The average Bonchev–Trinajstić information content (AvgIpc) is 4.00. The Morgan fingerprint density at radius 1 is 0.725 bits per heavy atom. The third kappa shape index (κ3) is 6.42. The molecule has 1 N–H and O–H groups in total. The predicted molar refractivity (Wildman–Crippen MR) is 205 cm³/mol. The Kier molecular flexibility index (Phi) is 8.89. The number of likely N-dealkylation sites (tertiary alicyclic amines) is 2. The number of hydrogen-bond donors (Lipinski definition) is 1. The predicted octanol–water partition coefficient (Wildman–Crippen LogP) is 9.20. The van der Waals surface area contributed by atoms with E-state index in [9.17, 15) is 9.59 Å². The number of benzene rings is 4. The van der Waals surface area contributed by atoms with Crippen molar-refractivity contribution >= 4 is 33.9 Å². The molecule has 7 nitrogen and oxygen atoms in total. The SMILES string of the molecule is CC(C)C(=O)N1CCC[C@H]1C1=NC=C(c2ccc(-c3ccc4cc(-c5cnc([C@@H]6CCCN6C(=O)[C@H](C)c6ccccc6)[nH]5)ccc4c3)cc2)C1. The fraction of sp³-hybridized carbons (Fsp3) is 0.318. The normalized spacial score (nSPS) is 19.5. The minimum atomic E-state index is -0.186. The number of aliphatic imine (C=N–C) groups is 1. The molecular weight excluding hydrogens is 631 g/mol.